The molecule has 1 fully saturated rings. The molecule has 0 amide bonds. The molecule has 0 aliphatic carbocycles. The minimum Gasteiger partial charge on any atom is -0.490 e. The van der Waals surface area contributed by atoms with Crippen LogP contribution in [0.25, 0.3) is 11.4 Å². The van der Waals surface area contributed by atoms with E-state index in [0.717, 1.165) is 54.2 Å². The Morgan fingerprint density at radius 2 is 1.64 bits per heavy atom. The molecule has 0 saturated carbocycles. The number of β-amino-alcohol motifs (C(OH)–C–C–N with tert-alkyl or cyclic N) is 1. The number of aliphatic hydroxyl groups is 1. The molecule has 7 heteroatoms. The van der Waals surface area contributed by atoms with Crippen LogP contribution in [-0.4, -0.2) is 70.5 Å². The molecule has 33 heavy (non-hydrogen) atoms. The topological polar surface area (TPSA) is 74.9 Å². The van der Waals surface area contributed by atoms with Gasteiger partial charge in [-0.1, -0.05) is 41.6 Å². The molecule has 7 nitrogen and oxygen atoms in total. The first-order valence-corrected chi connectivity index (χ1v) is 11.6. The minimum absolute atomic E-state index is 0.301. The summed E-state index contributed by atoms with van der Waals surface area (Å²) in [5.74, 6) is 2.17. The first kappa shape index (κ1) is 23.4. The summed E-state index contributed by atoms with van der Waals surface area (Å²) in [7, 11) is 0. The summed E-state index contributed by atoms with van der Waals surface area (Å²) in [6, 6.07) is 12.2. The van der Waals surface area contributed by atoms with Gasteiger partial charge in [0.1, 0.15) is 18.5 Å². The second kappa shape index (κ2) is 10.5. The van der Waals surface area contributed by atoms with Crippen LogP contribution in [0.15, 0.2) is 40.9 Å². The van der Waals surface area contributed by atoms with Crippen molar-refractivity contribution in [3.05, 3.63) is 64.5 Å². The highest BCUT2D eigenvalue weighted by Crippen LogP contribution is 2.26. The van der Waals surface area contributed by atoms with Crippen molar-refractivity contribution in [3.63, 3.8) is 0 Å². The second-order valence-corrected chi connectivity index (χ2v) is 9.02. The van der Waals surface area contributed by atoms with Crippen molar-refractivity contribution in [1.29, 1.82) is 0 Å². The number of nitrogens with zero attached hydrogens (tertiary/aromatic N) is 4. The number of ether oxygens (including phenoxy) is 1. The van der Waals surface area contributed by atoms with E-state index in [9.17, 15) is 5.11 Å². The molecule has 2 aromatic carbocycles. The SMILES string of the molecule is Cc1ccccc1-c1noc(CN2CCN(CC(O)COc3c(C)ccc(C)c3C)CC2)n1. The maximum atomic E-state index is 10.5. The molecule has 1 N–H and O–H groups in total. The molecular formula is C26H34N4O3. The first-order chi connectivity index (χ1) is 15.9. The molecule has 0 bridgehead atoms. The lowest BCUT2D eigenvalue weighted by molar-refractivity contribution is 0.0423. The number of aliphatic hydroxyl groups excluding tert-OH is 1. The van der Waals surface area contributed by atoms with Gasteiger partial charge in [0.05, 0.1) is 6.54 Å². The van der Waals surface area contributed by atoms with E-state index in [4.69, 9.17) is 9.26 Å². The van der Waals surface area contributed by atoms with Crippen LogP contribution >= 0.6 is 0 Å². The van der Waals surface area contributed by atoms with Gasteiger partial charge >= 0.3 is 0 Å². The molecule has 0 spiro atoms. The van der Waals surface area contributed by atoms with Crippen LogP contribution in [0.1, 0.15) is 28.1 Å². The summed E-state index contributed by atoms with van der Waals surface area (Å²) in [5, 5.41) is 14.7. The Labute approximate surface area is 196 Å². The summed E-state index contributed by atoms with van der Waals surface area (Å²) >= 11 is 0. The van der Waals surface area contributed by atoms with Crippen LogP contribution in [0, 0.1) is 27.7 Å². The fourth-order valence-electron chi connectivity index (χ4n) is 4.25. The van der Waals surface area contributed by atoms with E-state index in [0.29, 0.717) is 31.4 Å². The van der Waals surface area contributed by atoms with Gasteiger partial charge in [0.15, 0.2) is 0 Å². The number of aryl methyl sites for hydroxylation is 3. The lowest BCUT2D eigenvalue weighted by atomic mass is 10.1. The third-order valence-corrected chi connectivity index (χ3v) is 6.44. The zero-order valence-electron chi connectivity index (χ0n) is 20.0. The van der Waals surface area contributed by atoms with Crippen molar-refractivity contribution in [1.82, 2.24) is 19.9 Å². The molecule has 2 heterocycles. The number of benzene rings is 2. The summed E-state index contributed by atoms with van der Waals surface area (Å²) in [5.41, 5.74) is 5.58. The smallest absolute Gasteiger partial charge is 0.241 e. The molecule has 1 aromatic heterocycles. The molecular weight excluding hydrogens is 416 g/mol. The lowest BCUT2D eigenvalue weighted by Gasteiger charge is -2.34. The predicted molar refractivity (Wildman–Crippen MR) is 128 cm³/mol. The van der Waals surface area contributed by atoms with E-state index in [1.54, 1.807) is 0 Å². The highest BCUT2D eigenvalue weighted by Gasteiger charge is 2.22. The average molecular weight is 451 g/mol. The Morgan fingerprint density at radius 3 is 2.39 bits per heavy atom. The Balaban J connectivity index is 1.23. The zero-order chi connectivity index (χ0) is 23.4. The Hall–Kier alpha value is -2.74. The molecule has 3 aromatic rings. The minimum atomic E-state index is -0.525. The van der Waals surface area contributed by atoms with Crippen LogP contribution in [-0.2, 0) is 6.54 Å². The normalized spacial score (nSPS) is 16.2. The number of hydrogen-bond donors (Lipinski definition) is 1. The van der Waals surface area contributed by atoms with Crippen molar-refractivity contribution >= 4 is 0 Å². The van der Waals surface area contributed by atoms with Gasteiger partial charge in [0.2, 0.25) is 11.7 Å². The van der Waals surface area contributed by atoms with Crippen molar-refractivity contribution in [2.45, 2.75) is 40.3 Å². The van der Waals surface area contributed by atoms with Crippen molar-refractivity contribution in [2.24, 2.45) is 0 Å². The third kappa shape index (κ3) is 5.79. The molecule has 4 rings (SSSR count). The van der Waals surface area contributed by atoms with Crippen LogP contribution in [0.2, 0.25) is 0 Å². The highest BCUT2D eigenvalue weighted by molar-refractivity contribution is 5.58. The Kier molecular flexibility index (Phi) is 7.42. The molecule has 1 aliphatic heterocycles. The van der Waals surface area contributed by atoms with E-state index < -0.39 is 6.10 Å². The standard InChI is InChI=1S/C26H34N4O3/c1-18-9-10-20(3)25(21(18)4)32-17-22(31)15-29-11-13-30(14-12-29)16-24-27-26(28-33-24)23-8-6-5-7-19(23)2/h5-10,22,31H,11-17H2,1-4H3. The largest absolute Gasteiger partial charge is 0.490 e. The van der Waals surface area contributed by atoms with Gasteiger partial charge in [-0.15, -0.1) is 0 Å². The zero-order valence-corrected chi connectivity index (χ0v) is 20.0. The summed E-state index contributed by atoms with van der Waals surface area (Å²) < 4.78 is 11.5. The molecule has 1 aliphatic rings. The van der Waals surface area contributed by atoms with Crippen molar-refractivity contribution in [2.75, 3.05) is 39.3 Å². The lowest BCUT2D eigenvalue weighted by Crippen LogP contribution is -2.48. The van der Waals surface area contributed by atoms with Crippen molar-refractivity contribution < 1.29 is 14.4 Å². The number of hydrogen-bond acceptors (Lipinski definition) is 7. The molecule has 1 unspecified atom stereocenters. The van der Waals surface area contributed by atoms with Gasteiger partial charge in [-0.05, 0) is 49.9 Å². The van der Waals surface area contributed by atoms with Gasteiger partial charge in [-0.3, -0.25) is 9.80 Å². The summed E-state index contributed by atoms with van der Waals surface area (Å²) in [6.07, 6.45) is -0.525. The molecule has 1 saturated heterocycles. The van der Waals surface area contributed by atoms with Gasteiger partial charge in [-0.2, -0.15) is 4.98 Å². The maximum absolute atomic E-state index is 10.5. The number of aromatic nitrogens is 2. The highest BCUT2D eigenvalue weighted by atomic mass is 16.5. The van der Waals surface area contributed by atoms with Crippen LogP contribution in [0.3, 0.4) is 0 Å². The van der Waals surface area contributed by atoms with E-state index >= 15 is 0 Å². The average Bonchev–Trinajstić information content (AvgIpc) is 3.26. The van der Waals surface area contributed by atoms with E-state index in [1.165, 1.54) is 5.56 Å². The van der Waals surface area contributed by atoms with E-state index in [-0.39, 0.29) is 0 Å². The second-order valence-electron chi connectivity index (χ2n) is 9.02. The molecule has 1 atom stereocenters. The van der Waals surface area contributed by atoms with Crippen LogP contribution in [0.4, 0.5) is 0 Å². The Morgan fingerprint density at radius 1 is 0.939 bits per heavy atom. The quantitative estimate of drug-likeness (QED) is 0.563. The monoisotopic (exact) mass is 450 g/mol. The third-order valence-electron chi connectivity index (χ3n) is 6.44. The van der Waals surface area contributed by atoms with Crippen LogP contribution in [0.5, 0.6) is 5.75 Å². The van der Waals surface area contributed by atoms with E-state index in [2.05, 4.69) is 45.9 Å². The summed E-state index contributed by atoms with van der Waals surface area (Å²) in [4.78, 5) is 9.18. The van der Waals surface area contributed by atoms with Crippen LogP contribution < -0.4 is 4.74 Å². The maximum Gasteiger partial charge on any atom is 0.241 e. The van der Waals surface area contributed by atoms with Gasteiger partial charge < -0.3 is 14.4 Å². The van der Waals surface area contributed by atoms with Crippen molar-refractivity contribution in [3.8, 4) is 17.1 Å². The molecule has 176 valence electrons. The van der Waals surface area contributed by atoms with Gasteiger partial charge in [0, 0.05) is 38.3 Å². The van der Waals surface area contributed by atoms with Gasteiger partial charge in [0.25, 0.3) is 0 Å². The number of piperazine rings is 1. The van der Waals surface area contributed by atoms with Gasteiger partial charge in [-0.25, -0.2) is 0 Å². The number of rotatable bonds is 8. The first-order valence-electron chi connectivity index (χ1n) is 11.6. The summed E-state index contributed by atoms with van der Waals surface area (Å²) in [6.45, 7) is 13.4. The van der Waals surface area contributed by atoms with E-state index in [1.807, 2.05) is 38.1 Å². The molecule has 0 radical (unpaired) electrons. The predicted octanol–water partition coefficient (Wildman–Crippen LogP) is 3.53. The fraction of sp³-hybridized carbons (Fsp3) is 0.462. The Bertz CT molecular complexity index is 1070. The fourth-order valence-corrected chi connectivity index (χ4v) is 4.25.